The second kappa shape index (κ2) is 12.2. The lowest BCUT2D eigenvalue weighted by atomic mass is 10.1. The maximum absolute atomic E-state index is 13.4. The summed E-state index contributed by atoms with van der Waals surface area (Å²) in [5.74, 6) is 2.31. The molecule has 0 unspecified atom stereocenters. The van der Waals surface area contributed by atoms with Crippen LogP contribution in [0.15, 0.2) is 103 Å². The minimum absolute atomic E-state index is 0.367. The highest BCUT2D eigenvalue weighted by atomic mass is 28.3. The Morgan fingerprint density at radius 1 is 0.915 bits per heavy atom. The fourth-order valence-corrected chi connectivity index (χ4v) is 6.35. The molecule has 0 aliphatic rings. The van der Waals surface area contributed by atoms with Gasteiger partial charge in [-0.1, -0.05) is 67.7 Å². The number of amides is 2. The highest BCUT2D eigenvalue weighted by molar-refractivity contribution is 6.88. The van der Waals surface area contributed by atoms with Gasteiger partial charge < -0.3 is 10.1 Å². The molecule has 0 radical (unpaired) electrons. The summed E-state index contributed by atoms with van der Waals surface area (Å²) in [6.07, 6.45) is 4.06. The Bertz CT molecular complexity index is 2230. The fourth-order valence-electron chi connectivity index (χ4n) is 5.38. The summed E-state index contributed by atoms with van der Waals surface area (Å²) in [5.41, 5.74) is 4.75. The first kappa shape index (κ1) is 29.9. The molecule has 0 atom stereocenters. The van der Waals surface area contributed by atoms with E-state index in [4.69, 9.17) is 9.84 Å². The van der Waals surface area contributed by atoms with Crippen molar-refractivity contribution in [1.29, 1.82) is 0 Å². The van der Waals surface area contributed by atoms with E-state index < -0.39 is 8.07 Å². The molecule has 7 rings (SSSR count). The van der Waals surface area contributed by atoms with Gasteiger partial charge in [0.05, 0.1) is 23.1 Å². The summed E-state index contributed by atoms with van der Waals surface area (Å²) in [6, 6.07) is 29.0. The Morgan fingerprint density at radius 2 is 1.72 bits per heavy atom. The maximum atomic E-state index is 13.4. The number of hydrogen-bond acceptors (Lipinski definition) is 6. The van der Waals surface area contributed by atoms with Crippen LogP contribution in [0.25, 0.3) is 27.4 Å². The number of aryl methyl sites for hydroxylation is 1. The Kier molecular flexibility index (Phi) is 7.74. The molecule has 10 nitrogen and oxygen atoms in total. The summed E-state index contributed by atoms with van der Waals surface area (Å²) in [6.45, 7) is 8.75. The number of nitrogens with zero attached hydrogens (tertiary/aromatic N) is 5. The number of anilines is 2. The van der Waals surface area contributed by atoms with Crippen molar-refractivity contribution in [1.82, 2.24) is 29.9 Å². The number of benzene rings is 4. The van der Waals surface area contributed by atoms with Crippen LogP contribution in [-0.2, 0) is 6.42 Å². The SMILES string of the molecule is Cc1ccc(-n2nc([Si](C)(C)C)cc2NC(=O)Nc2ccc(Oc3ccnc(Cc4ccc5[nH]ncc5c4)n3)c3ccccc23)cc1. The molecule has 4 aromatic carbocycles. The van der Waals surface area contributed by atoms with Crippen LogP contribution in [0.1, 0.15) is 17.0 Å². The number of nitrogens with one attached hydrogen (secondary N) is 3. The van der Waals surface area contributed by atoms with E-state index in [1.165, 1.54) is 0 Å². The van der Waals surface area contributed by atoms with E-state index in [9.17, 15) is 4.79 Å². The molecule has 0 saturated heterocycles. The predicted octanol–water partition coefficient (Wildman–Crippen LogP) is 7.57. The Labute approximate surface area is 272 Å². The molecule has 2 amide bonds. The molecule has 3 heterocycles. The summed E-state index contributed by atoms with van der Waals surface area (Å²) in [5, 5.41) is 21.7. The van der Waals surface area contributed by atoms with E-state index >= 15 is 0 Å². The highest BCUT2D eigenvalue weighted by Crippen LogP contribution is 2.34. The van der Waals surface area contributed by atoms with Crippen LogP contribution in [0, 0.1) is 6.92 Å². The van der Waals surface area contributed by atoms with Crippen LogP contribution >= 0.6 is 0 Å². The van der Waals surface area contributed by atoms with Gasteiger partial charge in [0.15, 0.2) is 0 Å². The lowest BCUT2D eigenvalue weighted by molar-refractivity contribution is 0.262. The highest BCUT2D eigenvalue weighted by Gasteiger charge is 2.23. The number of aromatic nitrogens is 6. The lowest BCUT2D eigenvalue weighted by Crippen LogP contribution is -2.39. The monoisotopic (exact) mass is 638 g/mol. The van der Waals surface area contributed by atoms with Gasteiger partial charge in [0, 0.05) is 40.2 Å². The minimum atomic E-state index is -1.75. The van der Waals surface area contributed by atoms with Crippen LogP contribution in [0.3, 0.4) is 0 Å². The van der Waals surface area contributed by atoms with Gasteiger partial charge in [0.25, 0.3) is 0 Å². The molecular formula is C36H34N8O2Si. The van der Waals surface area contributed by atoms with Crippen molar-refractivity contribution in [3.63, 3.8) is 0 Å². The number of rotatable bonds is 8. The third kappa shape index (κ3) is 6.47. The minimum Gasteiger partial charge on any atom is -0.438 e. The van der Waals surface area contributed by atoms with E-state index in [1.54, 1.807) is 23.1 Å². The Morgan fingerprint density at radius 3 is 2.53 bits per heavy atom. The van der Waals surface area contributed by atoms with Crippen molar-refractivity contribution in [2.75, 3.05) is 10.6 Å². The fraction of sp³-hybridized carbons (Fsp3) is 0.139. The molecule has 234 valence electrons. The van der Waals surface area contributed by atoms with Gasteiger partial charge >= 0.3 is 6.03 Å². The maximum Gasteiger partial charge on any atom is 0.324 e. The lowest BCUT2D eigenvalue weighted by Gasteiger charge is -2.14. The van der Waals surface area contributed by atoms with Gasteiger partial charge in [-0.2, -0.15) is 15.2 Å². The second-order valence-electron chi connectivity index (χ2n) is 12.5. The Balaban J connectivity index is 1.11. The zero-order valence-electron chi connectivity index (χ0n) is 26.6. The number of urea groups is 1. The summed E-state index contributed by atoms with van der Waals surface area (Å²) in [7, 11) is -1.75. The first-order chi connectivity index (χ1) is 22.7. The van der Waals surface area contributed by atoms with Gasteiger partial charge in [0.2, 0.25) is 5.88 Å². The number of carbonyl (C=O) groups excluding carboxylic acids is 1. The van der Waals surface area contributed by atoms with Crippen molar-refractivity contribution in [3.8, 4) is 17.3 Å². The first-order valence-corrected chi connectivity index (χ1v) is 18.9. The number of fused-ring (bicyclic) bond motifs is 2. The molecule has 0 fully saturated rings. The van der Waals surface area contributed by atoms with Crippen molar-refractivity contribution in [2.24, 2.45) is 0 Å². The van der Waals surface area contributed by atoms with Crippen LogP contribution in [-0.4, -0.2) is 44.1 Å². The third-order valence-electron chi connectivity index (χ3n) is 7.89. The first-order valence-electron chi connectivity index (χ1n) is 15.4. The molecule has 47 heavy (non-hydrogen) atoms. The van der Waals surface area contributed by atoms with E-state index in [2.05, 4.69) is 56.5 Å². The number of ether oxygens (including phenoxy) is 1. The van der Waals surface area contributed by atoms with Gasteiger partial charge in [-0.05, 0) is 55.0 Å². The van der Waals surface area contributed by atoms with E-state index in [0.717, 1.165) is 43.8 Å². The zero-order chi connectivity index (χ0) is 32.5. The largest absolute Gasteiger partial charge is 0.438 e. The number of H-pyrrole nitrogens is 1. The number of carbonyl (C=O) groups is 1. The summed E-state index contributed by atoms with van der Waals surface area (Å²) >= 11 is 0. The molecule has 0 spiro atoms. The van der Waals surface area contributed by atoms with Gasteiger partial charge in [-0.25, -0.2) is 14.5 Å². The zero-order valence-corrected chi connectivity index (χ0v) is 27.6. The van der Waals surface area contributed by atoms with Gasteiger partial charge in [-0.3, -0.25) is 10.4 Å². The average molecular weight is 639 g/mol. The molecule has 0 aliphatic carbocycles. The van der Waals surface area contributed by atoms with Crippen molar-refractivity contribution < 1.29 is 9.53 Å². The predicted molar refractivity (Wildman–Crippen MR) is 189 cm³/mol. The Hall–Kier alpha value is -5.81. The second-order valence-corrected chi connectivity index (χ2v) is 17.5. The molecule has 3 aromatic heterocycles. The van der Waals surface area contributed by atoms with Crippen molar-refractivity contribution in [3.05, 3.63) is 120 Å². The molecule has 7 aromatic rings. The number of aromatic amines is 1. The smallest absolute Gasteiger partial charge is 0.324 e. The molecular weight excluding hydrogens is 605 g/mol. The quantitative estimate of drug-likeness (QED) is 0.148. The van der Waals surface area contributed by atoms with E-state index in [0.29, 0.717) is 35.4 Å². The third-order valence-corrected chi connectivity index (χ3v) is 9.67. The van der Waals surface area contributed by atoms with Crippen LogP contribution in [0.5, 0.6) is 11.6 Å². The molecule has 0 aliphatic heterocycles. The normalized spacial score (nSPS) is 11.6. The standard InChI is InChI=1S/C36H34N8O2Si/c1-23-9-12-26(13-10-23)44-33(21-35(43-44)47(2,3)4)41-36(45)39-30-15-16-31(28-8-6-5-7-27(28)30)46-34-17-18-37-32(40-34)20-24-11-14-29-25(19-24)22-38-42-29/h5-19,21-22H,20H2,1-4H3,(H,38,42)(H2,39,41,45). The summed E-state index contributed by atoms with van der Waals surface area (Å²) in [4.78, 5) is 22.6. The van der Waals surface area contributed by atoms with Crippen LogP contribution in [0.2, 0.25) is 19.6 Å². The number of hydrogen-bond donors (Lipinski definition) is 3. The van der Waals surface area contributed by atoms with Crippen LogP contribution < -0.4 is 20.7 Å². The average Bonchev–Trinajstić information content (AvgIpc) is 3.70. The van der Waals surface area contributed by atoms with Crippen molar-refractivity contribution >= 4 is 52.6 Å². The van der Waals surface area contributed by atoms with Crippen LogP contribution in [0.4, 0.5) is 16.3 Å². The molecule has 11 heteroatoms. The summed E-state index contributed by atoms with van der Waals surface area (Å²) < 4.78 is 8.09. The van der Waals surface area contributed by atoms with Crippen molar-refractivity contribution in [2.45, 2.75) is 33.0 Å². The van der Waals surface area contributed by atoms with E-state index in [1.807, 2.05) is 85.8 Å². The molecule has 0 bridgehead atoms. The topological polar surface area (TPSA) is 123 Å². The molecule has 0 saturated carbocycles. The van der Waals surface area contributed by atoms with Gasteiger partial charge in [-0.15, -0.1) is 0 Å². The molecule has 3 N–H and O–H groups in total. The van der Waals surface area contributed by atoms with Gasteiger partial charge in [0.1, 0.15) is 25.5 Å². The van der Waals surface area contributed by atoms with E-state index in [-0.39, 0.29) is 6.03 Å².